The molecule has 0 radical (unpaired) electrons. The summed E-state index contributed by atoms with van der Waals surface area (Å²) in [6, 6.07) is 2.04. The Morgan fingerprint density at radius 1 is 0.972 bits per heavy atom. The maximum absolute atomic E-state index is 13.9. The fraction of sp³-hybridized carbons (Fsp3) is 0.118. The highest BCUT2D eigenvalue weighted by Gasteiger charge is 2.43. The van der Waals surface area contributed by atoms with E-state index in [0.717, 1.165) is 4.72 Å². The summed E-state index contributed by atoms with van der Waals surface area (Å²) < 4.78 is 135. The Morgan fingerprint density at radius 3 is 2.17 bits per heavy atom. The van der Waals surface area contributed by atoms with Gasteiger partial charge in [0.25, 0.3) is 15.9 Å². The van der Waals surface area contributed by atoms with Crippen LogP contribution in [0.1, 0.15) is 16.2 Å². The molecule has 0 fully saturated rings. The van der Waals surface area contributed by atoms with Gasteiger partial charge in [0, 0.05) is 12.1 Å². The van der Waals surface area contributed by atoms with Crippen LogP contribution in [0.25, 0.3) is 5.69 Å². The number of amides is 1. The predicted molar refractivity (Wildman–Crippen MR) is 104 cm³/mol. The molecule has 0 aliphatic carbocycles. The number of hydrogen-bond donors (Lipinski definition) is 1. The van der Waals surface area contributed by atoms with Gasteiger partial charge in [0.1, 0.15) is 22.3 Å². The number of sulfonamides is 1. The highest BCUT2D eigenvalue weighted by molar-refractivity contribution is 7.90. The summed E-state index contributed by atoms with van der Waals surface area (Å²) in [5, 5.41) is 4.43. The zero-order valence-electron chi connectivity index (χ0n) is 16.5. The van der Waals surface area contributed by atoms with Gasteiger partial charge in [-0.3, -0.25) is 4.79 Å². The summed E-state index contributed by atoms with van der Waals surface area (Å²) in [5.41, 5.74) is -4.34. The lowest BCUT2D eigenvalue weighted by molar-refractivity contribution is -0.274. The van der Waals surface area contributed by atoms with E-state index in [0.29, 0.717) is 18.2 Å². The SMILES string of the molecule is O=C(NS(=O)(=O)c1cc(Cl)c(F)cc1F)c1nnn(-c2ccc(OC(F)(F)F)cc2Cl)c1C(F)(F)F. The van der Waals surface area contributed by atoms with E-state index in [4.69, 9.17) is 23.2 Å². The molecule has 0 saturated carbocycles. The maximum Gasteiger partial charge on any atom is 0.573 e. The molecule has 1 amide bonds. The van der Waals surface area contributed by atoms with Crippen LogP contribution in [0.2, 0.25) is 10.0 Å². The lowest BCUT2D eigenvalue weighted by Crippen LogP contribution is -2.33. The molecule has 2 aromatic carbocycles. The van der Waals surface area contributed by atoms with Crippen molar-refractivity contribution in [3.8, 4) is 11.4 Å². The van der Waals surface area contributed by atoms with E-state index in [1.54, 1.807) is 0 Å². The molecule has 0 spiro atoms. The van der Waals surface area contributed by atoms with Crippen LogP contribution in [-0.2, 0) is 16.2 Å². The van der Waals surface area contributed by atoms with Crippen LogP contribution in [0, 0.1) is 11.6 Å². The molecule has 0 unspecified atom stereocenters. The molecule has 19 heteroatoms. The quantitative estimate of drug-likeness (QED) is 0.338. The fourth-order valence-electron chi connectivity index (χ4n) is 2.65. The second kappa shape index (κ2) is 9.36. The number of halogens is 10. The third kappa shape index (κ3) is 5.79. The number of carbonyl (C=O) groups excluding carboxylic acids is 1. The highest BCUT2D eigenvalue weighted by atomic mass is 35.5. The Hall–Kier alpha value is -3.18. The first-order valence-electron chi connectivity index (χ1n) is 8.71. The average molecular weight is 585 g/mol. The number of nitrogens with one attached hydrogen (secondary N) is 1. The van der Waals surface area contributed by atoms with Crippen LogP contribution in [0.3, 0.4) is 0 Å². The number of alkyl halides is 6. The standard InChI is InChI=1S/C17H6Cl2F8N4O4S/c18-7-4-12(10(21)5-9(7)20)36(33,34)29-15(32)13-14(16(22,23)24)31(30-28-13)11-2-1-6(3-8(11)19)35-17(25,26)27/h1-5H,(H,29,32). The van der Waals surface area contributed by atoms with Crippen LogP contribution < -0.4 is 9.46 Å². The third-order valence-electron chi connectivity index (χ3n) is 4.03. The van der Waals surface area contributed by atoms with Crippen molar-refractivity contribution in [2.45, 2.75) is 17.4 Å². The van der Waals surface area contributed by atoms with Crippen molar-refractivity contribution in [3.05, 3.63) is 63.4 Å². The normalized spacial score (nSPS) is 12.5. The Bertz CT molecular complexity index is 1460. The minimum absolute atomic E-state index is 0.0625. The number of aromatic nitrogens is 3. The van der Waals surface area contributed by atoms with Gasteiger partial charge < -0.3 is 4.74 Å². The highest BCUT2D eigenvalue weighted by Crippen LogP contribution is 2.36. The van der Waals surface area contributed by atoms with Gasteiger partial charge in [0.15, 0.2) is 11.4 Å². The molecular weight excluding hydrogens is 579 g/mol. The molecule has 3 aromatic rings. The Balaban J connectivity index is 2.04. The summed E-state index contributed by atoms with van der Waals surface area (Å²) in [7, 11) is -5.25. The number of ether oxygens (including phenoxy) is 1. The second-order valence-electron chi connectivity index (χ2n) is 6.49. The number of carbonyl (C=O) groups is 1. The van der Waals surface area contributed by atoms with E-state index in [9.17, 15) is 48.3 Å². The zero-order chi connectivity index (χ0) is 27.2. The van der Waals surface area contributed by atoms with Gasteiger partial charge in [0.2, 0.25) is 0 Å². The molecular formula is C17H6Cl2F8N4O4S. The molecule has 1 heterocycles. The molecule has 0 bridgehead atoms. The molecule has 0 aliphatic rings. The van der Waals surface area contributed by atoms with E-state index >= 15 is 0 Å². The first kappa shape index (κ1) is 27.4. The maximum atomic E-state index is 13.9. The lowest BCUT2D eigenvalue weighted by Gasteiger charge is -2.14. The minimum atomic E-state index is -5.45. The molecule has 3 rings (SSSR count). The summed E-state index contributed by atoms with van der Waals surface area (Å²) >= 11 is 11.1. The number of rotatable bonds is 5. The monoisotopic (exact) mass is 584 g/mol. The van der Waals surface area contributed by atoms with Gasteiger partial charge in [-0.25, -0.2) is 26.6 Å². The summed E-state index contributed by atoms with van der Waals surface area (Å²) in [6.07, 6.45) is -10.6. The van der Waals surface area contributed by atoms with Crippen LogP contribution in [0.4, 0.5) is 35.1 Å². The molecule has 8 nitrogen and oxygen atoms in total. The molecule has 0 aliphatic heterocycles. The topological polar surface area (TPSA) is 103 Å². The van der Waals surface area contributed by atoms with Crippen molar-refractivity contribution >= 4 is 39.1 Å². The summed E-state index contributed by atoms with van der Waals surface area (Å²) in [4.78, 5) is 11.0. The van der Waals surface area contributed by atoms with Gasteiger partial charge in [0.05, 0.1) is 15.7 Å². The number of nitrogens with zero attached hydrogens (tertiary/aromatic N) is 3. The molecule has 0 atom stereocenters. The second-order valence-corrected chi connectivity index (χ2v) is 8.95. The fourth-order valence-corrected chi connectivity index (χ4v) is 4.17. The van der Waals surface area contributed by atoms with Crippen LogP contribution in [0.15, 0.2) is 35.2 Å². The Morgan fingerprint density at radius 2 is 1.61 bits per heavy atom. The van der Waals surface area contributed by atoms with Gasteiger partial charge in [-0.05, 0) is 18.2 Å². The van der Waals surface area contributed by atoms with Crippen molar-refractivity contribution < 1.29 is 53.1 Å². The number of benzene rings is 2. The van der Waals surface area contributed by atoms with Crippen LogP contribution in [0.5, 0.6) is 5.75 Å². The number of hydrogen-bond acceptors (Lipinski definition) is 6. The smallest absolute Gasteiger partial charge is 0.406 e. The minimum Gasteiger partial charge on any atom is -0.406 e. The molecule has 0 saturated heterocycles. The summed E-state index contributed by atoms with van der Waals surface area (Å²) in [6.45, 7) is 0. The Kier molecular flexibility index (Phi) is 7.13. The van der Waals surface area contributed by atoms with E-state index in [1.165, 1.54) is 0 Å². The first-order chi connectivity index (χ1) is 16.4. The van der Waals surface area contributed by atoms with Gasteiger partial charge >= 0.3 is 12.5 Å². The van der Waals surface area contributed by atoms with Crippen LogP contribution >= 0.6 is 23.2 Å². The summed E-state index contributed by atoms with van der Waals surface area (Å²) in [5.74, 6) is -6.01. The van der Waals surface area contributed by atoms with Crippen molar-refractivity contribution in [3.63, 3.8) is 0 Å². The van der Waals surface area contributed by atoms with E-state index < -0.39 is 77.9 Å². The first-order valence-corrected chi connectivity index (χ1v) is 10.9. The van der Waals surface area contributed by atoms with Crippen molar-refractivity contribution in [1.82, 2.24) is 19.7 Å². The largest absolute Gasteiger partial charge is 0.573 e. The molecule has 36 heavy (non-hydrogen) atoms. The van der Waals surface area contributed by atoms with Gasteiger partial charge in [-0.1, -0.05) is 28.4 Å². The van der Waals surface area contributed by atoms with Gasteiger partial charge in [-0.2, -0.15) is 13.2 Å². The van der Waals surface area contributed by atoms with E-state index in [2.05, 4.69) is 15.0 Å². The van der Waals surface area contributed by atoms with Gasteiger partial charge in [-0.15, -0.1) is 18.3 Å². The lowest BCUT2D eigenvalue weighted by atomic mass is 10.2. The van der Waals surface area contributed by atoms with Crippen LogP contribution in [-0.4, -0.2) is 35.7 Å². The third-order valence-corrected chi connectivity index (χ3v) is 5.96. The molecule has 1 aromatic heterocycles. The van der Waals surface area contributed by atoms with Crippen molar-refractivity contribution in [2.24, 2.45) is 0 Å². The molecule has 194 valence electrons. The average Bonchev–Trinajstić information content (AvgIpc) is 3.14. The predicted octanol–water partition coefficient (Wildman–Crippen LogP) is 4.89. The molecule has 1 N–H and O–H groups in total. The Labute approximate surface area is 204 Å². The van der Waals surface area contributed by atoms with E-state index in [1.807, 2.05) is 0 Å². The van der Waals surface area contributed by atoms with Crippen molar-refractivity contribution in [1.29, 1.82) is 0 Å². The van der Waals surface area contributed by atoms with E-state index in [-0.39, 0.29) is 16.8 Å². The zero-order valence-corrected chi connectivity index (χ0v) is 18.9. The van der Waals surface area contributed by atoms with Crippen molar-refractivity contribution in [2.75, 3.05) is 0 Å².